The van der Waals surface area contributed by atoms with Crippen LogP contribution < -0.4 is 16.1 Å². The van der Waals surface area contributed by atoms with Crippen LogP contribution in [0.15, 0.2) is 27.8 Å². The maximum Gasteiger partial charge on any atom is 0.431 e. The number of aromatic nitrogens is 2. The molecular weight excluding hydrogens is 474 g/mol. The Morgan fingerprint density at radius 2 is 1.33 bits per heavy atom. The lowest BCUT2D eigenvalue weighted by molar-refractivity contribution is -0.185. The zero-order valence-corrected chi connectivity index (χ0v) is 16.2. The summed E-state index contributed by atoms with van der Waals surface area (Å²) in [6.07, 6.45) is -12.5. The Morgan fingerprint density at radius 1 is 0.818 bits per heavy atom. The molecule has 0 saturated carbocycles. The minimum absolute atomic E-state index is 0.000108. The van der Waals surface area contributed by atoms with Crippen LogP contribution in [0.2, 0.25) is 0 Å². The van der Waals surface area contributed by atoms with E-state index in [2.05, 4.69) is 0 Å². The van der Waals surface area contributed by atoms with E-state index in [0.717, 1.165) is 0 Å². The van der Waals surface area contributed by atoms with Gasteiger partial charge in [-0.3, -0.25) is 19.0 Å². The van der Waals surface area contributed by atoms with Crippen molar-refractivity contribution in [2.24, 2.45) is 13.0 Å². The summed E-state index contributed by atoms with van der Waals surface area (Å²) < 4.78 is 106. The maximum atomic E-state index is 14.4. The number of rotatable bonds is 2. The summed E-state index contributed by atoms with van der Waals surface area (Å²) in [6, 6.07) is 0.310. The molecule has 2 amide bonds. The van der Waals surface area contributed by atoms with E-state index in [-0.39, 0.29) is 26.2 Å². The highest BCUT2D eigenvalue weighted by Crippen LogP contribution is 2.37. The van der Waals surface area contributed by atoms with Crippen LogP contribution in [0.25, 0.3) is 5.69 Å². The largest absolute Gasteiger partial charge is 0.431 e. The summed E-state index contributed by atoms with van der Waals surface area (Å²) in [6.45, 7) is 0. The highest BCUT2D eigenvalue weighted by molar-refractivity contribution is 6.16. The van der Waals surface area contributed by atoms with Gasteiger partial charge in [0.25, 0.3) is 5.56 Å². The number of hydrogen-bond donors (Lipinski definition) is 0. The van der Waals surface area contributed by atoms with Crippen molar-refractivity contribution in [1.29, 1.82) is 0 Å². The predicted molar refractivity (Wildman–Crippen MR) is 93.5 cm³/mol. The number of halogens is 8. The van der Waals surface area contributed by atoms with Gasteiger partial charge in [0.05, 0.1) is 17.3 Å². The third kappa shape index (κ3) is 4.26. The quantitative estimate of drug-likeness (QED) is 0.484. The van der Waals surface area contributed by atoms with Gasteiger partial charge in [-0.1, -0.05) is 0 Å². The molecule has 1 aliphatic rings. The topological polar surface area (TPSA) is 81.4 Å². The number of carbonyl (C=O) groups is 2. The molecule has 1 saturated heterocycles. The first-order valence-electron chi connectivity index (χ1n) is 8.86. The summed E-state index contributed by atoms with van der Waals surface area (Å²) in [7, 11) is 0.623. The van der Waals surface area contributed by atoms with Gasteiger partial charge in [-0.15, -0.1) is 0 Å². The Morgan fingerprint density at radius 3 is 1.82 bits per heavy atom. The molecule has 178 valence electrons. The molecule has 0 bridgehead atoms. The number of benzene rings is 1. The zero-order chi connectivity index (χ0) is 25.0. The van der Waals surface area contributed by atoms with Crippen molar-refractivity contribution in [3.63, 3.8) is 0 Å². The summed E-state index contributed by atoms with van der Waals surface area (Å²) in [5.74, 6) is -8.53. The van der Waals surface area contributed by atoms with Gasteiger partial charge < -0.3 is 0 Å². The van der Waals surface area contributed by atoms with Crippen molar-refractivity contribution < 1.29 is 44.7 Å². The lowest BCUT2D eigenvalue weighted by Gasteiger charge is -2.31. The molecule has 0 unspecified atom stereocenters. The molecule has 0 aliphatic carbocycles. The van der Waals surface area contributed by atoms with Crippen LogP contribution in [0, 0.1) is 17.6 Å². The number of anilines is 1. The van der Waals surface area contributed by atoms with Crippen molar-refractivity contribution in [3.8, 4) is 5.69 Å². The normalized spacial score (nSPS) is 16.0. The Bertz CT molecular complexity index is 1260. The first-order chi connectivity index (χ1) is 15.0. The smallest absolute Gasteiger partial charge is 0.292 e. The van der Waals surface area contributed by atoms with E-state index in [0.29, 0.717) is 13.1 Å². The number of hydrogen-bond acceptors (Lipinski definition) is 4. The van der Waals surface area contributed by atoms with Gasteiger partial charge in [0.1, 0.15) is 11.5 Å². The zero-order valence-electron chi connectivity index (χ0n) is 16.2. The fourth-order valence-corrected chi connectivity index (χ4v) is 3.30. The molecular formula is C18H11F8N3O4. The van der Waals surface area contributed by atoms with Crippen molar-refractivity contribution in [2.75, 3.05) is 4.90 Å². The van der Waals surface area contributed by atoms with Gasteiger partial charge in [-0.25, -0.2) is 23.0 Å². The number of alkyl halides is 6. The monoisotopic (exact) mass is 485 g/mol. The molecule has 1 aromatic heterocycles. The van der Waals surface area contributed by atoms with E-state index in [1.54, 1.807) is 0 Å². The Hall–Kier alpha value is -3.52. The lowest BCUT2D eigenvalue weighted by Crippen LogP contribution is -2.47. The highest BCUT2D eigenvalue weighted by Gasteiger charge is 2.48. The number of nitrogens with zero attached hydrogens (tertiary/aromatic N) is 3. The summed E-state index contributed by atoms with van der Waals surface area (Å²) >= 11 is 0. The van der Waals surface area contributed by atoms with E-state index in [1.807, 2.05) is 0 Å². The minimum atomic E-state index is -5.12. The van der Waals surface area contributed by atoms with E-state index >= 15 is 0 Å². The van der Waals surface area contributed by atoms with Crippen LogP contribution in [0.5, 0.6) is 0 Å². The van der Waals surface area contributed by atoms with E-state index < -0.39 is 82.9 Å². The molecule has 2 aromatic rings. The predicted octanol–water partition coefficient (Wildman–Crippen LogP) is 2.67. The first kappa shape index (κ1) is 24.1. The van der Waals surface area contributed by atoms with Gasteiger partial charge in [0, 0.05) is 32.0 Å². The van der Waals surface area contributed by atoms with Crippen molar-refractivity contribution in [1.82, 2.24) is 9.13 Å². The summed E-state index contributed by atoms with van der Waals surface area (Å²) in [4.78, 5) is 48.9. The van der Waals surface area contributed by atoms with E-state index in [4.69, 9.17) is 0 Å². The SMILES string of the molecule is Cn1c(C(F)(F)F)cc(=O)n(-c2cc(N3C(=O)CC(C(F)(F)F)CC3=O)c(F)cc2F)c1=O. The van der Waals surface area contributed by atoms with Crippen LogP contribution in [-0.2, 0) is 22.8 Å². The van der Waals surface area contributed by atoms with Crippen molar-refractivity contribution in [3.05, 3.63) is 56.4 Å². The second kappa shape index (κ2) is 7.81. The van der Waals surface area contributed by atoms with E-state index in [1.165, 1.54) is 0 Å². The molecule has 0 atom stereocenters. The molecule has 1 aromatic carbocycles. The van der Waals surface area contributed by atoms with Crippen molar-refractivity contribution >= 4 is 17.5 Å². The maximum absolute atomic E-state index is 14.4. The second-order valence-electron chi connectivity index (χ2n) is 7.07. The molecule has 0 N–H and O–H groups in total. The van der Waals surface area contributed by atoms with Gasteiger partial charge in [-0.05, 0) is 6.07 Å². The molecule has 7 nitrogen and oxygen atoms in total. The van der Waals surface area contributed by atoms with Crippen molar-refractivity contribution in [2.45, 2.75) is 25.2 Å². The lowest BCUT2D eigenvalue weighted by atomic mass is 9.94. The molecule has 0 spiro atoms. The third-order valence-electron chi connectivity index (χ3n) is 4.91. The summed E-state index contributed by atoms with van der Waals surface area (Å²) in [5.41, 5.74) is -7.23. The fraction of sp³-hybridized carbons (Fsp3) is 0.333. The second-order valence-corrected chi connectivity index (χ2v) is 7.07. The van der Waals surface area contributed by atoms with Crippen LogP contribution in [0.3, 0.4) is 0 Å². The summed E-state index contributed by atoms with van der Waals surface area (Å²) in [5, 5.41) is 0. The van der Waals surface area contributed by atoms with Gasteiger partial charge in [0.2, 0.25) is 11.8 Å². The van der Waals surface area contributed by atoms with Crippen LogP contribution >= 0.6 is 0 Å². The van der Waals surface area contributed by atoms with Crippen LogP contribution in [0.4, 0.5) is 40.8 Å². The van der Waals surface area contributed by atoms with Crippen LogP contribution in [0.1, 0.15) is 18.5 Å². The Labute approximate surface area is 177 Å². The molecule has 33 heavy (non-hydrogen) atoms. The molecule has 1 fully saturated rings. The minimum Gasteiger partial charge on any atom is -0.292 e. The number of carbonyl (C=O) groups excluding carboxylic acids is 2. The van der Waals surface area contributed by atoms with Crippen LogP contribution in [-0.4, -0.2) is 27.1 Å². The fourth-order valence-electron chi connectivity index (χ4n) is 3.30. The highest BCUT2D eigenvalue weighted by atomic mass is 19.4. The first-order valence-corrected chi connectivity index (χ1v) is 8.86. The molecule has 15 heteroatoms. The molecule has 2 heterocycles. The Kier molecular flexibility index (Phi) is 5.71. The standard InChI is InChI=1S/C18H11F8N3O4/c1-27-12(18(24,25)26)6-15(32)29(16(27)33)11-5-10(8(19)4-9(11)20)28-13(30)2-7(3-14(28)31)17(21,22)23/h4-7H,2-3H2,1H3. The van der Waals surface area contributed by atoms with Gasteiger partial charge in [-0.2, -0.15) is 26.3 Å². The van der Waals surface area contributed by atoms with E-state index in [9.17, 15) is 54.3 Å². The van der Waals surface area contributed by atoms with Gasteiger partial charge >= 0.3 is 18.0 Å². The molecule has 3 rings (SSSR count). The average Bonchev–Trinajstić information content (AvgIpc) is 2.65. The number of piperidine rings is 1. The third-order valence-corrected chi connectivity index (χ3v) is 4.91. The number of imide groups is 1. The Balaban J connectivity index is 2.18. The number of amides is 2. The van der Waals surface area contributed by atoms with Gasteiger partial charge in [0.15, 0.2) is 5.82 Å². The average molecular weight is 485 g/mol. The molecule has 0 radical (unpaired) electrons. The molecule has 1 aliphatic heterocycles.